The molecule has 0 bridgehead atoms. The summed E-state index contributed by atoms with van der Waals surface area (Å²) in [6.07, 6.45) is 15.8. The van der Waals surface area contributed by atoms with E-state index in [9.17, 15) is 0 Å². The molecule has 1 rings (SSSR count). The summed E-state index contributed by atoms with van der Waals surface area (Å²) in [4.78, 5) is 0. The molecule has 0 spiro atoms. The number of hydrogen-bond acceptors (Lipinski definition) is 1. The van der Waals surface area contributed by atoms with E-state index in [1.807, 2.05) is 3.59 Å². The molecular weight excluding hydrogens is 375 g/mol. The van der Waals surface area contributed by atoms with Gasteiger partial charge in [-0.05, 0) is 0 Å². The Balaban J connectivity index is 2.81. The second-order valence-corrected chi connectivity index (χ2v) is 12.7. The molecule has 0 saturated carbocycles. The molecular formula is C20H38OSn. The van der Waals surface area contributed by atoms with Gasteiger partial charge < -0.3 is 0 Å². The van der Waals surface area contributed by atoms with Crippen molar-refractivity contribution in [3.63, 3.8) is 0 Å². The maximum atomic E-state index is 6.08. The first kappa shape index (κ1) is 20.4. The van der Waals surface area contributed by atoms with Crippen molar-refractivity contribution in [2.24, 2.45) is 0 Å². The predicted octanol–water partition coefficient (Wildman–Crippen LogP) is 6.85. The summed E-state index contributed by atoms with van der Waals surface area (Å²) >= 11 is -0.499. The SMILES string of the molecule is CCCC[C](CCCC)(CCCC)[Sn][C]1=C(OC(C)C)CC1. The Morgan fingerprint density at radius 3 is 1.73 bits per heavy atom. The topological polar surface area (TPSA) is 9.23 Å². The first-order chi connectivity index (χ1) is 10.6. The molecule has 0 unspecified atom stereocenters. The molecule has 0 N–H and O–H groups in total. The molecule has 1 nitrogen and oxygen atoms in total. The average Bonchev–Trinajstić information content (AvgIpc) is 2.50. The van der Waals surface area contributed by atoms with Gasteiger partial charge in [0.25, 0.3) is 0 Å². The molecule has 2 radical (unpaired) electrons. The first-order valence-electron chi connectivity index (χ1n) is 9.73. The van der Waals surface area contributed by atoms with Crippen molar-refractivity contribution in [2.75, 3.05) is 0 Å². The van der Waals surface area contributed by atoms with Gasteiger partial charge in [-0.3, -0.25) is 0 Å². The van der Waals surface area contributed by atoms with Gasteiger partial charge in [0.1, 0.15) is 0 Å². The fraction of sp³-hybridized carbons (Fsp3) is 0.900. The third-order valence-corrected chi connectivity index (χ3v) is 10.8. The molecule has 1 aliphatic carbocycles. The van der Waals surface area contributed by atoms with Crippen LogP contribution in [0.4, 0.5) is 0 Å². The van der Waals surface area contributed by atoms with Crippen LogP contribution in [-0.2, 0) is 4.74 Å². The molecule has 0 aromatic rings. The molecule has 0 aliphatic heterocycles. The van der Waals surface area contributed by atoms with Crippen molar-refractivity contribution in [1.82, 2.24) is 0 Å². The minimum absolute atomic E-state index is 0.362. The Morgan fingerprint density at radius 2 is 1.41 bits per heavy atom. The van der Waals surface area contributed by atoms with E-state index in [4.69, 9.17) is 4.74 Å². The van der Waals surface area contributed by atoms with E-state index in [2.05, 4.69) is 34.6 Å². The van der Waals surface area contributed by atoms with E-state index in [0.717, 1.165) is 3.43 Å². The van der Waals surface area contributed by atoms with E-state index in [1.165, 1.54) is 76.4 Å². The molecule has 0 aromatic heterocycles. The van der Waals surface area contributed by atoms with Gasteiger partial charge in [0.2, 0.25) is 0 Å². The van der Waals surface area contributed by atoms with Crippen molar-refractivity contribution in [3.05, 3.63) is 9.35 Å². The molecule has 22 heavy (non-hydrogen) atoms. The fourth-order valence-electron chi connectivity index (χ4n) is 3.33. The Bertz CT molecular complexity index is 311. The molecule has 128 valence electrons. The van der Waals surface area contributed by atoms with E-state index in [0.29, 0.717) is 6.10 Å². The zero-order valence-corrected chi connectivity index (χ0v) is 18.6. The zero-order valence-electron chi connectivity index (χ0n) is 15.8. The molecule has 2 heteroatoms. The summed E-state index contributed by atoms with van der Waals surface area (Å²) < 4.78 is 8.63. The summed E-state index contributed by atoms with van der Waals surface area (Å²) in [6.45, 7) is 11.4. The van der Waals surface area contributed by atoms with Crippen LogP contribution in [-0.4, -0.2) is 27.2 Å². The van der Waals surface area contributed by atoms with Gasteiger partial charge in [0.15, 0.2) is 0 Å². The van der Waals surface area contributed by atoms with Crippen molar-refractivity contribution in [3.8, 4) is 0 Å². The quantitative estimate of drug-likeness (QED) is 0.300. The third kappa shape index (κ3) is 6.84. The van der Waals surface area contributed by atoms with Crippen LogP contribution in [0.5, 0.6) is 0 Å². The van der Waals surface area contributed by atoms with Gasteiger partial charge in [-0.2, -0.15) is 0 Å². The van der Waals surface area contributed by atoms with Gasteiger partial charge in [0.05, 0.1) is 0 Å². The molecule has 0 amide bonds. The average molecular weight is 413 g/mol. The Hall–Kier alpha value is 0.339. The fourth-order valence-corrected chi connectivity index (χ4v) is 9.37. The second kappa shape index (κ2) is 11.0. The Labute approximate surface area is 149 Å². The Kier molecular flexibility index (Phi) is 10.2. The summed E-state index contributed by atoms with van der Waals surface area (Å²) in [5, 5.41) is 0. The summed E-state index contributed by atoms with van der Waals surface area (Å²) in [6, 6.07) is 0. The van der Waals surface area contributed by atoms with E-state index >= 15 is 0 Å². The van der Waals surface area contributed by atoms with Crippen LogP contribution in [0.15, 0.2) is 9.35 Å². The van der Waals surface area contributed by atoms with Gasteiger partial charge in [-0.1, -0.05) is 0 Å². The maximum absolute atomic E-state index is 6.08. The van der Waals surface area contributed by atoms with Crippen molar-refractivity contribution in [2.45, 2.75) is 115 Å². The van der Waals surface area contributed by atoms with E-state index in [1.54, 1.807) is 0 Å². The summed E-state index contributed by atoms with van der Waals surface area (Å²) in [5.74, 6) is 1.41. The summed E-state index contributed by atoms with van der Waals surface area (Å²) in [7, 11) is 0. The number of unbranched alkanes of at least 4 members (excludes halogenated alkanes) is 3. The van der Waals surface area contributed by atoms with Crippen LogP contribution < -0.4 is 0 Å². The number of ether oxygens (including phenoxy) is 1. The molecule has 0 atom stereocenters. The molecule has 0 aromatic carbocycles. The minimum atomic E-state index is -0.499. The molecule has 0 fully saturated rings. The second-order valence-electron chi connectivity index (χ2n) is 7.28. The summed E-state index contributed by atoms with van der Waals surface area (Å²) in [5.41, 5.74) is 0. The van der Waals surface area contributed by atoms with Crippen LogP contribution in [0.1, 0.15) is 105 Å². The van der Waals surface area contributed by atoms with Crippen LogP contribution >= 0.6 is 0 Å². The zero-order chi connectivity index (χ0) is 16.4. The van der Waals surface area contributed by atoms with Gasteiger partial charge in [-0.15, -0.1) is 0 Å². The van der Waals surface area contributed by atoms with Gasteiger partial charge in [-0.25, -0.2) is 0 Å². The van der Waals surface area contributed by atoms with Crippen molar-refractivity contribution in [1.29, 1.82) is 0 Å². The van der Waals surface area contributed by atoms with Gasteiger partial charge in [0, 0.05) is 0 Å². The Morgan fingerprint density at radius 1 is 0.909 bits per heavy atom. The van der Waals surface area contributed by atoms with Crippen LogP contribution in [0, 0.1) is 0 Å². The number of rotatable bonds is 13. The van der Waals surface area contributed by atoms with Crippen molar-refractivity contribution >= 4 is 21.1 Å². The molecule has 0 heterocycles. The monoisotopic (exact) mass is 414 g/mol. The van der Waals surface area contributed by atoms with Crippen LogP contribution in [0.25, 0.3) is 0 Å². The van der Waals surface area contributed by atoms with Gasteiger partial charge >= 0.3 is 150 Å². The number of hydrogen-bond donors (Lipinski definition) is 0. The third-order valence-electron chi connectivity index (χ3n) is 4.76. The van der Waals surface area contributed by atoms with E-state index < -0.39 is 21.1 Å². The number of allylic oxidation sites excluding steroid dienone is 2. The van der Waals surface area contributed by atoms with Crippen molar-refractivity contribution < 1.29 is 4.74 Å². The van der Waals surface area contributed by atoms with Crippen LogP contribution in [0.2, 0.25) is 3.43 Å². The molecule has 0 saturated heterocycles. The molecule has 1 aliphatic rings. The van der Waals surface area contributed by atoms with E-state index in [-0.39, 0.29) is 0 Å². The van der Waals surface area contributed by atoms with Crippen LogP contribution in [0.3, 0.4) is 0 Å². The standard InChI is InChI=1S/C13H27.C7H11O.Sn/c1-4-7-10-13(11-8-5-2)12-9-6-3;1-6(2)8-7-4-3-5-7;/h4-12H2,1-3H3;6H,3-4H2,1-2H3;. The predicted molar refractivity (Wildman–Crippen MR) is 99.5 cm³/mol. The normalized spacial score (nSPS) is 15.4. The first-order valence-corrected chi connectivity index (χ1v) is 12.6.